The molecule has 0 aliphatic rings. The van der Waals surface area contributed by atoms with Gasteiger partial charge in [0.05, 0.1) is 5.02 Å². The Morgan fingerprint density at radius 1 is 0.577 bits per heavy atom. The Kier molecular flexibility index (Phi) is 4.78. The number of benzene rings is 3. The van der Waals surface area contributed by atoms with Gasteiger partial charge in [0, 0.05) is 21.2 Å². The summed E-state index contributed by atoms with van der Waals surface area (Å²) < 4.78 is 0.837. The first-order valence-corrected chi connectivity index (χ1v) is 9.20. The lowest BCUT2D eigenvalue weighted by molar-refractivity contribution is 1.07. The van der Waals surface area contributed by atoms with Crippen molar-refractivity contribution in [2.45, 2.75) is 0 Å². The van der Waals surface area contributed by atoms with E-state index in [1.54, 1.807) is 0 Å². The van der Waals surface area contributed by atoms with Gasteiger partial charge in [-0.2, -0.15) is 0 Å². The van der Waals surface area contributed by atoms with Crippen LogP contribution >= 0.6 is 27.5 Å². The SMILES string of the molecule is Clc1cc(-c2nc(-c3ccccc3)nc(-c3ccccc3)n2)ccc1Br. The van der Waals surface area contributed by atoms with Crippen LogP contribution in [0.25, 0.3) is 34.2 Å². The number of halogens is 2. The summed E-state index contributed by atoms with van der Waals surface area (Å²) in [4.78, 5) is 14.0. The molecule has 0 N–H and O–H groups in total. The predicted octanol–water partition coefficient (Wildman–Crippen LogP) is 6.29. The third-order valence-corrected chi connectivity index (χ3v) is 5.11. The second kappa shape index (κ2) is 7.36. The fraction of sp³-hybridized carbons (Fsp3) is 0. The van der Waals surface area contributed by atoms with Crippen LogP contribution in [0.3, 0.4) is 0 Å². The fourth-order valence-corrected chi connectivity index (χ4v) is 3.00. The van der Waals surface area contributed by atoms with E-state index in [0.717, 1.165) is 21.2 Å². The van der Waals surface area contributed by atoms with Crippen molar-refractivity contribution < 1.29 is 0 Å². The maximum absolute atomic E-state index is 6.26. The smallest absolute Gasteiger partial charge is 0.164 e. The van der Waals surface area contributed by atoms with Gasteiger partial charge >= 0.3 is 0 Å². The number of rotatable bonds is 3. The van der Waals surface area contributed by atoms with E-state index < -0.39 is 0 Å². The molecule has 26 heavy (non-hydrogen) atoms. The molecule has 4 rings (SSSR count). The molecular formula is C21H13BrClN3. The first-order valence-electron chi connectivity index (χ1n) is 8.03. The van der Waals surface area contributed by atoms with E-state index in [9.17, 15) is 0 Å². The molecule has 1 aromatic heterocycles. The van der Waals surface area contributed by atoms with E-state index in [0.29, 0.717) is 22.5 Å². The van der Waals surface area contributed by atoms with Crippen molar-refractivity contribution in [3.8, 4) is 34.2 Å². The van der Waals surface area contributed by atoms with E-state index in [-0.39, 0.29) is 0 Å². The fourth-order valence-electron chi connectivity index (χ4n) is 2.57. The molecule has 0 spiro atoms. The molecule has 0 radical (unpaired) electrons. The normalized spacial score (nSPS) is 10.7. The summed E-state index contributed by atoms with van der Waals surface area (Å²) in [6.07, 6.45) is 0. The minimum Gasteiger partial charge on any atom is -0.208 e. The summed E-state index contributed by atoms with van der Waals surface area (Å²) in [5, 5.41) is 0.616. The Hall–Kier alpha value is -2.56. The highest BCUT2D eigenvalue weighted by molar-refractivity contribution is 9.10. The van der Waals surface area contributed by atoms with Crippen LogP contribution in [-0.2, 0) is 0 Å². The van der Waals surface area contributed by atoms with E-state index in [4.69, 9.17) is 11.6 Å². The largest absolute Gasteiger partial charge is 0.208 e. The minimum absolute atomic E-state index is 0.590. The summed E-state index contributed by atoms with van der Waals surface area (Å²) in [6, 6.07) is 25.5. The zero-order valence-corrected chi connectivity index (χ0v) is 15.9. The van der Waals surface area contributed by atoms with Crippen molar-refractivity contribution in [1.82, 2.24) is 15.0 Å². The molecule has 1 heterocycles. The molecule has 4 aromatic rings. The monoisotopic (exact) mass is 421 g/mol. The minimum atomic E-state index is 0.590. The van der Waals surface area contributed by atoms with E-state index >= 15 is 0 Å². The Morgan fingerprint density at radius 2 is 1.04 bits per heavy atom. The second-order valence-corrected chi connectivity index (χ2v) is 6.93. The van der Waals surface area contributed by atoms with Gasteiger partial charge in [-0.1, -0.05) is 72.3 Å². The lowest BCUT2D eigenvalue weighted by Gasteiger charge is -2.08. The Morgan fingerprint density at radius 3 is 1.50 bits per heavy atom. The van der Waals surface area contributed by atoms with Gasteiger partial charge in [0.2, 0.25) is 0 Å². The van der Waals surface area contributed by atoms with Crippen LogP contribution < -0.4 is 0 Å². The van der Waals surface area contributed by atoms with Crippen LogP contribution in [0.15, 0.2) is 83.3 Å². The number of aromatic nitrogens is 3. The van der Waals surface area contributed by atoms with Crippen LogP contribution in [-0.4, -0.2) is 15.0 Å². The molecule has 5 heteroatoms. The molecule has 0 amide bonds. The zero-order chi connectivity index (χ0) is 17.9. The number of hydrogen-bond donors (Lipinski definition) is 0. The van der Waals surface area contributed by atoms with Crippen LogP contribution in [0.4, 0.5) is 0 Å². The molecule has 0 aliphatic carbocycles. The first kappa shape index (κ1) is 16.9. The van der Waals surface area contributed by atoms with Gasteiger partial charge in [-0.05, 0) is 34.1 Å². The molecular weight excluding hydrogens is 410 g/mol. The number of nitrogens with zero attached hydrogens (tertiary/aromatic N) is 3. The second-order valence-electron chi connectivity index (χ2n) is 5.67. The van der Waals surface area contributed by atoms with E-state index in [1.807, 2.05) is 78.9 Å². The highest BCUT2D eigenvalue weighted by atomic mass is 79.9. The van der Waals surface area contributed by atoms with Crippen LogP contribution in [0, 0.1) is 0 Å². The van der Waals surface area contributed by atoms with Gasteiger partial charge in [0.15, 0.2) is 17.5 Å². The maximum atomic E-state index is 6.26. The average molecular weight is 423 g/mol. The quantitative estimate of drug-likeness (QED) is 0.389. The summed E-state index contributed by atoms with van der Waals surface area (Å²) in [6.45, 7) is 0. The van der Waals surface area contributed by atoms with Gasteiger partial charge < -0.3 is 0 Å². The van der Waals surface area contributed by atoms with Crippen molar-refractivity contribution in [2.24, 2.45) is 0 Å². The van der Waals surface area contributed by atoms with E-state index in [1.165, 1.54) is 0 Å². The summed E-state index contributed by atoms with van der Waals surface area (Å²) >= 11 is 9.68. The van der Waals surface area contributed by atoms with Crippen LogP contribution in [0.5, 0.6) is 0 Å². The van der Waals surface area contributed by atoms with Crippen molar-refractivity contribution in [3.05, 3.63) is 88.4 Å². The van der Waals surface area contributed by atoms with Gasteiger partial charge in [0.1, 0.15) is 0 Å². The molecule has 0 aliphatic heterocycles. The standard InChI is InChI=1S/C21H13BrClN3/c22-17-12-11-16(13-18(17)23)21-25-19(14-7-3-1-4-8-14)24-20(26-21)15-9-5-2-6-10-15/h1-13H. The van der Waals surface area contributed by atoms with E-state index in [2.05, 4.69) is 30.9 Å². The zero-order valence-electron chi connectivity index (χ0n) is 13.6. The average Bonchev–Trinajstić information content (AvgIpc) is 2.71. The molecule has 3 aromatic carbocycles. The molecule has 0 saturated heterocycles. The lowest BCUT2D eigenvalue weighted by atomic mass is 10.1. The van der Waals surface area contributed by atoms with Gasteiger partial charge in [-0.25, -0.2) is 15.0 Å². The number of hydrogen-bond acceptors (Lipinski definition) is 3. The highest BCUT2D eigenvalue weighted by Crippen LogP contribution is 2.29. The third kappa shape index (κ3) is 3.52. The lowest BCUT2D eigenvalue weighted by Crippen LogP contribution is -2.00. The molecule has 0 saturated carbocycles. The molecule has 0 atom stereocenters. The van der Waals surface area contributed by atoms with Gasteiger partial charge in [0.25, 0.3) is 0 Å². The summed E-state index contributed by atoms with van der Waals surface area (Å²) in [7, 11) is 0. The third-order valence-electron chi connectivity index (χ3n) is 3.88. The summed E-state index contributed by atoms with van der Waals surface area (Å²) in [5.74, 6) is 1.86. The Labute approximate surface area is 164 Å². The summed E-state index contributed by atoms with van der Waals surface area (Å²) in [5.41, 5.74) is 2.73. The van der Waals surface area contributed by atoms with Crippen molar-refractivity contribution >= 4 is 27.5 Å². The predicted molar refractivity (Wildman–Crippen MR) is 109 cm³/mol. The van der Waals surface area contributed by atoms with Crippen LogP contribution in [0.1, 0.15) is 0 Å². The Bertz CT molecular complexity index is 996. The van der Waals surface area contributed by atoms with Gasteiger partial charge in [-0.3, -0.25) is 0 Å². The molecule has 0 fully saturated rings. The molecule has 0 unspecified atom stereocenters. The maximum Gasteiger partial charge on any atom is 0.164 e. The van der Waals surface area contributed by atoms with Crippen molar-refractivity contribution in [2.75, 3.05) is 0 Å². The first-order chi connectivity index (χ1) is 12.7. The highest BCUT2D eigenvalue weighted by Gasteiger charge is 2.12. The molecule has 3 nitrogen and oxygen atoms in total. The molecule has 126 valence electrons. The van der Waals surface area contributed by atoms with Crippen molar-refractivity contribution in [3.63, 3.8) is 0 Å². The topological polar surface area (TPSA) is 38.7 Å². The van der Waals surface area contributed by atoms with Crippen molar-refractivity contribution in [1.29, 1.82) is 0 Å². The molecule has 0 bridgehead atoms. The van der Waals surface area contributed by atoms with Gasteiger partial charge in [-0.15, -0.1) is 0 Å². The Balaban J connectivity index is 1.92. The van der Waals surface area contributed by atoms with Crippen LogP contribution in [0.2, 0.25) is 5.02 Å².